The molecular formula is C16H17N5O3S. The van der Waals surface area contributed by atoms with Gasteiger partial charge < -0.3 is 4.74 Å². The van der Waals surface area contributed by atoms with E-state index in [4.69, 9.17) is 9.88 Å². The van der Waals surface area contributed by atoms with E-state index in [0.717, 1.165) is 11.3 Å². The average Bonchev–Trinajstić information content (AvgIpc) is 2.99. The molecule has 0 bridgehead atoms. The van der Waals surface area contributed by atoms with Gasteiger partial charge in [-0.2, -0.15) is 5.10 Å². The fourth-order valence-corrected chi connectivity index (χ4v) is 3.12. The van der Waals surface area contributed by atoms with Gasteiger partial charge in [0.25, 0.3) is 10.0 Å². The van der Waals surface area contributed by atoms with Crippen LogP contribution in [0, 0.1) is 0 Å². The molecule has 3 aromatic rings. The molecule has 0 unspecified atom stereocenters. The maximum atomic E-state index is 11.9. The number of hydrogen-bond donors (Lipinski definition) is 1. The first-order valence-corrected chi connectivity index (χ1v) is 8.98. The SMILES string of the molecule is COc1ccc(Cc2cn(Cc3ncccn3)nc2S(N)(=O)=O)cc1. The molecule has 2 N–H and O–H groups in total. The summed E-state index contributed by atoms with van der Waals surface area (Å²) in [6.45, 7) is 0.256. The Morgan fingerprint density at radius 1 is 1.16 bits per heavy atom. The Balaban J connectivity index is 1.91. The predicted molar refractivity (Wildman–Crippen MR) is 90.5 cm³/mol. The maximum Gasteiger partial charge on any atom is 0.257 e. The van der Waals surface area contributed by atoms with Gasteiger partial charge in [0.15, 0.2) is 5.03 Å². The quantitative estimate of drug-likeness (QED) is 0.701. The molecule has 9 heteroatoms. The van der Waals surface area contributed by atoms with Crippen LogP contribution >= 0.6 is 0 Å². The molecule has 1 aromatic carbocycles. The van der Waals surface area contributed by atoms with Gasteiger partial charge in [-0.25, -0.2) is 23.5 Å². The van der Waals surface area contributed by atoms with Gasteiger partial charge >= 0.3 is 0 Å². The highest BCUT2D eigenvalue weighted by atomic mass is 32.2. The molecule has 0 aliphatic rings. The number of nitrogens with zero attached hydrogens (tertiary/aromatic N) is 4. The van der Waals surface area contributed by atoms with Crippen LogP contribution < -0.4 is 9.88 Å². The Hall–Kier alpha value is -2.78. The summed E-state index contributed by atoms with van der Waals surface area (Å²) >= 11 is 0. The van der Waals surface area contributed by atoms with Crippen LogP contribution in [0.4, 0.5) is 0 Å². The molecule has 25 heavy (non-hydrogen) atoms. The molecule has 130 valence electrons. The van der Waals surface area contributed by atoms with Crippen molar-refractivity contribution in [2.45, 2.75) is 18.0 Å². The predicted octanol–water partition coefficient (Wildman–Crippen LogP) is 0.968. The van der Waals surface area contributed by atoms with Crippen molar-refractivity contribution in [3.63, 3.8) is 0 Å². The summed E-state index contributed by atoms with van der Waals surface area (Å²) in [6.07, 6.45) is 5.26. The van der Waals surface area contributed by atoms with Gasteiger partial charge in [-0.3, -0.25) is 4.68 Å². The highest BCUT2D eigenvalue weighted by Gasteiger charge is 2.20. The zero-order valence-corrected chi connectivity index (χ0v) is 14.3. The van der Waals surface area contributed by atoms with E-state index in [-0.39, 0.29) is 11.6 Å². The van der Waals surface area contributed by atoms with Crippen molar-refractivity contribution in [3.8, 4) is 5.75 Å². The monoisotopic (exact) mass is 359 g/mol. The lowest BCUT2D eigenvalue weighted by molar-refractivity contribution is 0.414. The zero-order chi connectivity index (χ0) is 17.9. The molecule has 0 fully saturated rings. The lowest BCUT2D eigenvalue weighted by Crippen LogP contribution is -2.15. The lowest BCUT2D eigenvalue weighted by atomic mass is 10.1. The van der Waals surface area contributed by atoms with Crippen molar-refractivity contribution in [2.75, 3.05) is 7.11 Å². The Morgan fingerprint density at radius 2 is 1.84 bits per heavy atom. The number of rotatable bonds is 6. The molecule has 0 spiro atoms. The maximum absolute atomic E-state index is 11.9. The molecule has 0 atom stereocenters. The molecule has 2 aromatic heterocycles. The minimum Gasteiger partial charge on any atom is -0.497 e. The number of sulfonamides is 1. The number of nitrogens with two attached hydrogens (primary N) is 1. The van der Waals surface area contributed by atoms with Crippen molar-refractivity contribution in [1.82, 2.24) is 19.7 Å². The van der Waals surface area contributed by atoms with Gasteiger partial charge in [-0.1, -0.05) is 12.1 Å². The molecule has 0 saturated heterocycles. The molecule has 3 rings (SSSR count). The third-order valence-corrected chi connectivity index (χ3v) is 4.43. The summed E-state index contributed by atoms with van der Waals surface area (Å²) in [6, 6.07) is 9.06. The topological polar surface area (TPSA) is 113 Å². The third-order valence-electron chi connectivity index (χ3n) is 3.54. The first-order chi connectivity index (χ1) is 12.0. The van der Waals surface area contributed by atoms with Gasteiger partial charge in [0.1, 0.15) is 18.1 Å². The van der Waals surface area contributed by atoms with Crippen LogP contribution in [0.3, 0.4) is 0 Å². The number of methoxy groups -OCH3 is 1. The largest absolute Gasteiger partial charge is 0.497 e. The molecule has 0 saturated carbocycles. The minimum atomic E-state index is -3.94. The van der Waals surface area contributed by atoms with E-state index in [0.29, 0.717) is 17.8 Å². The van der Waals surface area contributed by atoms with Gasteiger partial charge in [0.2, 0.25) is 0 Å². The van der Waals surface area contributed by atoms with Crippen molar-refractivity contribution >= 4 is 10.0 Å². The van der Waals surface area contributed by atoms with E-state index >= 15 is 0 Å². The summed E-state index contributed by atoms with van der Waals surface area (Å²) in [5, 5.41) is 9.27. The fourth-order valence-electron chi connectivity index (χ4n) is 2.41. The number of hydrogen-bond acceptors (Lipinski definition) is 6. The van der Waals surface area contributed by atoms with Gasteiger partial charge in [0, 0.05) is 30.6 Å². The standard InChI is InChI=1S/C16H17N5O3S/c1-24-14-5-3-12(4-6-14)9-13-10-21(20-16(13)25(17,22)23)11-15-18-7-2-8-19-15/h2-8,10H,9,11H2,1H3,(H2,17,22,23). The van der Waals surface area contributed by atoms with Gasteiger partial charge in [-0.05, 0) is 23.8 Å². The van der Waals surface area contributed by atoms with Crippen LogP contribution in [0.5, 0.6) is 5.75 Å². The van der Waals surface area contributed by atoms with Crippen molar-refractivity contribution in [2.24, 2.45) is 5.14 Å². The normalized spacial score (nSPS) is 11.4. The summed E-state index contributed by atoms with van der Waals surface area (Å²) < 4.78 is 30.3. The van der Waals surface area contributed by atoms with Gasteiger partial charge in [0.05, 0.1) is 7.11 Å². The molecule has 2 heterocycles. The van der Waals surface area contributed by atoms with Crippen LogP contribution in [-0.2, 0) is 23.0 Å². The smallest absolute Gasteiger partial charge is 0.257 e. The first kappa shape index (κ1) is 17.1. The highest BCUT2D eigenvalue weighted by molar-refractivity contribution is 7.89. The zero-order valence-electron chi connectivity index (χ0n) is 13.5. The highest BCUT2D eigenvalue weighted by Crippen LogP contribution is 2.19. The summed E-state index contributed by atoms with van der Waals surface area (Å²) in [5.74, 6) is 1.26. The first-order valence-electron chi connectivity index (χ1n) is 7.43. The molecule has 0 aliphatic carbocycles. The third kappa shape index (κ3) is 4.20. The molecule has 0 aliphatic heterocycles. The van der Waals surface area contributed by atoms with E-state index in [2.05, 4.69) is 15.1 Å². The summed E-state index contributed by atoms with van der Waals surface area (Å²) in [7, 11) is -2.35. The second kappa shape index (κ2) is 6.99. The van der Waals surface area contributed by atoms with Crippen LogP contribution in [0.1, 0.15) is 17.0 Å². The Kier molecular flexibility index (Phi) is 4.77. The summed E-state index contributed by atoms with van der Waals surface area (Å²) in [5.41, 5.74) is 1.44. The van der Waals surface area contributed by atoms with Gasteiger partial charge in [-0.15, -0.1) is 0 Å². The Morgan fingerprint density at radius 3 is 2.44 bits per heavy atom. The lowest BCUT2D eigenvalue weighted by Gasteiger charge is -2.03. The van der Waals surface area contributed by atoms with Crippen LogP contribution in [-0.4, -0.2) is 35.3 Å². The average molecular weight is 359 g/mol. The number of aromatic nitrogens is 4. The van der Waals surface area contributed by atoms with Crippen molar-refractivity contribution in [3.05, 3.63) is 65.9 Å². The van der Waals surface area contributed by atoms with E-state index in [1.54, 1.807) is 31.8 Å². The second-order valence-electron chi connectivity index (χ2n) is 5.39. The molecular weight excluding hydrogens is 342 g/mol. The van der Waals surface area contributed by atoms with E-state index in [1.165, 1.54) is 4.68 Å². The minimum absolute atomic E-state index is 0.140. The van der Waals surface area contributed by atoms with Crippen LogP contribution in [0.15, 0.2) is 53.9 Å². The number of primary sulfonamides is 1. The van der Waals surface area contributed by atoms with Crippen molar-refractivity contribution in [1.29, 1.82) is 0 Å². The van der Waals surface area contributed by atoms with E-state index in [1.807, 2.05) is 24.3 Å². The second-order valence-corrected chi connectivity index (χ2v) is 6.87. The summed E-state index contributed by atoms with van der Waals surface area (Å²) in [4.78, 5) is 8.22. The van der Waals surface area contributed by atoms with Crippen molar-refractivity contribution < 1.29 is 13.2 Å². The van der Waals surface area contributed by atoms with E-state index in [9.17, 15) is 8.42 Å². The molecule has 8 nitrogen and oxygen atoms in total. The van der Waals surface area contributed by atoms with Crippen LogP contribution in [0.2, 0.25) is 0 Å². The fraction of sp³-hybridized carbons (Fsp3) is 0.188. The van der Waals surface area contributed by atoms with Crippen LogP contribution in [0.25, 0.3) is 0 Å². The Bertz CT molecular complexity index is 953. The Labute approximate surface area is 145 Å². The number of ether oxygens (including phenoxy) is 1. The molecule has 0 amide bonds. The number of benzene rings is 1. The van der Waals surface area contributed by atoms with E-state index < -0.39 is 10.0 Å². The molecule has 0 radical (unpaired) electrons.